The molecule has 0 aromatic heterocycles. The minimum atomic E-state index is -3.96. The van der Waals surface area contributed by atoms with Gasteiger partial charge in [0.25, 0.3) is 15.9 Å². The molecule has 3 rings (SSSR count). The summed E-state index contributed by atoms with van der Waals surface area (Å²) < 4.78 is 27.4. The number of sulfonamides is 1. The van der Waals surface area contributed by atoms with E-state index in [1.807, 2.05) is 12.2 Å². The lowest BCUT2D eigenvalue weighted by Gasteiger charge is -2.15. The molecule has 0 bridgehead atoms. The normalized spacial score (nSPS) is 31.2. The van der Waals surface area contributed by atoms with E-state index in [4.69, 9.17) is 5.73 Å². The molecule has 6 nitrogen and oxygen atoms in total. The van der Waals surface area contributed by atoms with E-state index in [9.17, 15) is 13.2 Å². The molecular formula is C17H23N3O3S. The predicted octanol–water partition coefficient (Wildman–Crippen LogP) is 1.75. The zero-order valence-electron chi connectivity index (χ0n) is 13.5. The molecule has 7 heteroatoms. The van der Waals surface area contributed by atoms with Crippen LogP contribution in [0.5, 0.6) is 0 Å². The molecule has 1 aromatic rings. The Labute approximate surface area is 142 Å². The Morgan fingerprint density at radius 1 is 1.17 bits per heavy atom. The fraction of sp³-hybridized carbons (Fsp3) is 0.471. The third-order valence-corrected chi connectivity index (χ3v) is 6.01. The molecule has 1 aliphatic carbocycles. The van der Waals surface area contributed by atoms with Crippen molar-refractivity contribution in [2.75, 3.05) is 11.9 Å². The van der Waals surface area contributed by atoms with Gasteiger partial charge in [-0.2, -0.15) is 0 Å². The minimum absolute atomic E-state index is 0.0737. The van der Waals surface area contributed by atoms with Gasteiger partial charge in [-0.15, -0.1) is 0 Å². The highest BCUT2D eigenvalue weighted by Crippen LogP contribution is 2.42. The maximum Gasteiger partial charge on any atom is 0.266 e. The smallest absolute Gasteiger partial charge is 0.266 e. The largest absolute Gasteiger partial charge is 0.384 e. The molecular weight excluding hydrogens is 326 g/mol. The molecule has 2 atom stereocenters. The average Bonchev–Trinajstić information content (AvgIpc) is 3.21. The maximum atomic E-state index is 12.6. The number of hydrogen-bond donors (Lipinski definition) is 3. The summed E-state index contributed by atoms with van der Waals surface area (Å²) in [7, 11) is -3.96. The monoisotopic (exact) mass is 349 g/mol. The number of allylic oxidation sites excluding steroid dienone is 1. The lowest BCUT2D eigenvalue weighted by molar-refractivity contribution is -0.121. The molecule has 1 aliphatic heterocycles. The first kappa shape index (κ1) is 17.0. The summed E-state index contributed by atoms with van der Waals surface area (Å²) in [5.74, 6) is -0.729. The van der Waals surface area contributed by atoms with Crippen molar-refractivity contribution in [3.05, 3.63) is 36.4 Å². The Bertz CT molecular complexity index is 760. The molecule has 24 heavy (non-hydrogen) atoms. The minimum Gasteiger partial charge on any atom is -0.384 e. The molecule has 130 valence electrons. The van der Waals surface area contributed by atoms with E-state index in [0.717, 1.165) is 25.7 Å². The first-order valence-electron chi connectivity index (χ1n) is 8.29. The number of fused-ring (bicyclic) bond motifs is 2. The number of anilines is 1. The molecule has 0 unspecified atom stereocenters. The van der Waals surface area contributed by atoms with Crippen molar-refractivity contribution in [3.8, 4) is 0 Å². The fourth-order valence-corrected chi connectivity index (χ4v) is 4.20. The van der Waals surface area contributed by atoms with Gasteiger partial charge < -0.3 is 11.1 Å². The third kappa shape index (κ3) is 3.47. The quantitative estimate of drug-likeness (QED) is 0.620. The topological polar surface area (TPSA) is 101 Å². The van der Waals surface area contributed by atoms with Gasteiger partial charge in [0.15, 0.2) is 0 Å². The van der Waals surface area contributed by atoms with E-state index in [-0.39, 0.29) is 10.8 Å². The van der Waals surface area contributed by atoms with Gasteiger partial charge in [-0.1, -0.05) is 30.7 Å². The van der Waals surface area contributed by atoms with Gasteiger partial charge in [0.05, 0.1) is 5.69 Å². The number of carbonyl (C=O) groups excluding carboxylic acids is 1. The van der Waals surface area contributed by atoms with Crippen LogP contribution in [-0.4, -0.2) is 26.4 Å². The molecule has 0 saturated heterocycles. The summed E-state index contributed by atoms with van der Waals surface area (Å²) in [5, 5.41) is 3.15. The standard InChI is InChI=1S/C17H23N3O3S/c18-17-12-13(17)8-4-2-1-3-7-11-19-14-9-5-6-10-15(14)24(22,23)20-16(17)21/h4-6,8-10,13,19H,1-3,7,11-12,18H2,(H,20,21)/b8-4+/t13-,17-/m1/s1. The van der Waals surface area contributed by atoms with Crippen molar-refractivity contribution < 1.29 is 13.2 Å². The number of nitrogens with one attached hydrogen (secondary N) is 2. The highest BCUT2D eigenvalue weighted by atomic mass is 32.2. The van der Waals surface area contributed by atoms with Crippen LogP contribution in [0.2, 0.25) is 0 Å². The van der Waals surface area contributed by atoms with Crippen LogP contribution in [0.15, 0.2) is 41.3 Å². The van der Waals surface area contributed by atoms with Crippen LogP contribution in [0.3, 0.4) is 0 Å². The average molecular weight is 349 g/mol. The Morgan fingerprint density at radius 2 is 1.96 bits per heavy atom. The Hall–Kier alpha value is -1.86. The second-order valence-corrected chi connectivity index (χ2v) is 8.14. The molecule has 1 aromatic carbocycles. The Kier molecular flexibility index (Phi) is 4.64. The summed E-state index contributed by atoms with van der Waals surface area (Å²) in [5.41, 5.74) is 5.46. The van der Waals surface area contributed by atoms with Crippen LogP contribution >= 0.6 is 0 Å². The van der Waals surface area contributed by atoms with Gasteiger partial charge in [0.1, 0.15) is 10.4 Å². The Morgan fingerprint density at radius 3 is 2.79 bits per heavy atom. The molecule has 0 radical (unpaired) electrons. The van der Waals surface area contributed by atoms with Crippen molar-refractivity contribution in [2.24, 2.45) is 11.7 Å². The highest BCUT2D eigenvalue weighted by molar-refractivity contribution is 7.90. The summed E-state index contributed by atoms with van der Waals surface area (Å²) in [6.07, 6.45) is 8.49. The van der Waals surface area contributed by atoms with Gasteiger partial charge in [-0.3, -0.25) is 4.79 Å². The van der Waals surface area contributed by atoms with Gasteiger partial charge in [-0.05, 0) is 37.8 Å². The number of rotatable bonds is 0. The lowest BCUT2D eigenvalue weighted by Crippen LogP contribution is -2.46. The zero-order chi connectivity index (χ0) is 17.2. The van der Waals surface area contributed by atoms with Crippen molar-refractivity contribution in [1.82, 2.24) is 4.72 Å². The van der Waals surface area contributed by atoms with Gasteiger partial charge >= 0.3 is 0 Å². The van der Waals surface area contributed by atoms with E-state index in [1.165, 1.54) is 6.07 Å². The second kappa shape index (κ2) is 6.57. The molecule has 1 amide bonds. The molecule has 1 saturated carbocycles. The number of para-hydroxylation sites is 1. The number of nitrogens with two attached hydrogens (primary N) is 1. The highest BCUT2D eigenvalue weighted by Gasteiger charge is 2.56. The Balaban J connectivity index is 1.89. The maximum absolute atomic E-state index is 12.6. The molecule has 1 heterocycles. The van der Waals surface area contributed by atoms with Gasteiger partial charge in [0, 0.05) is 12.5 Å². The summed E-state index contributed by atoms with van der Waals surface area (Å²) in [6, 6.07) is 6.60. The van der Waals surface area contributed by atoms with E-state index in [1.54, 1.807) is 18.2 Å². The predicted molar refractivity (Wildman–Crippen MR) is 92.9 cm³/mol. The first-order valence-corrected chi connectivity index (χ1v) is 9.77. The van der Waals surface area contributed by atoms with E-state index in [0.29, 0.717) is 18.7 Å². The lowest BCUT2D eigenvalue weighted by atomic mass is 10.1. The van der Waals surface area contributed by atoms with E-state index < -0.39 is 21.5 Å². The zero-order valence-corrected chi connectivity index (χ0v) is 14.3. The van der Waals surface area contributed by atoms with E-state index in [2.05, 4.69) is 10.0 Å². The van der Waals surface area contributed by atoms with Crippen LogP contribution in [0, 0.1) is 5.92 Å². The molecule has 2 aliphatic rings. The van der Waals surface area contributed by atoms with Gasteiger partial charge in [-0.25, -0.2) is 13.1 Å². The number of benzene rings is 1. The summed E-state index contributed by atoms with van der Waals surface area (Å²) in [4.78, 5) is 12.4. The van der Waals surface area contributed by atoms with E-state index >= 15 is 0 Å². The van der Waals surface area contributed by atoms with Gasteiger partial charge in [0.2, 0.25) is 0 Å². The molecule has 0 spiro atoms. The van der Waals surface area contributed by atoms with Crippen LogP contribution < -0.4 is 15.8 Å². The molecule has 4 N–H and O–H groups in total. The first-order chi connectivity index (χ1) is 11.4. The van der Waals surface area contributed by atoms with Crippen molar-refractivity contribution in [3.63, 3.8) is 0 Å². The second-order valence-electron chi connectivity index (χ2n) is 6.49. The SMILES string of the molecule is N[C@]12C[C@H]1/C=C/CCCCCNc1ccccc1S(=O)(=O)NC2=O. The van der Waals surface area contributed by atoms with Crippen molar-refractivity contribution >= 4 is 21.6 Å². The number of hydrogen-bond acceptors (Lipinski definition) is 5. The number of carbonyl (C=O) groups is 1. The number of amides is 1. The molecule has 1 fully saturated rings. The van der Waals surface area contributed by atoms with Crippen LogP contribution in [0.4, 0.5) is 5.69 Å². The van der Waals surface area contributed by atoms with Crippen LogP contribution in [0.1, 0.15) is 32.1 Å². The summed E-state index contributed by atoms with van der Waals surface area (Å²) in [6.45, 7) is 0.688. The van der Waals surface area contributed by atoms with Crippen molar-refractivity contribution in [1.29, 1.82) is 0 Å². The fourth-order valence-electron chi connectivity index (χ4n) is 2.97. The van der Waals surface area contributed by atoms with Crippen LogP contribution in [0.25, 0.3) is 0 Å². The summed E-state index contributed by atoms with van der Waals surface area (Å²) >= 11 is 0. The third-order valence-electron chi connectivity index (χ3n) is 4.62. The van der Waals surface area contributed by atoms with Crippen molar-refractivity contribution in [2.45, 2.75) is 42.5 Å². The van der Waals surface area contributed by atoms with Crippen LogP contribution in [-0.2, 0) is 14.8 Å².